The number of carbonyl (C=O) groups excluding carboxylic acids is 2. The number of methoxy groups -OCH3 is 1. The molecule has 0 bridgehead atoms. The van der Waals surface area contributed by atoms with Gasteiger partial charge in [0.15, 0.2) is 5.60 Å². The molecule has 2 amide bonds. The van der Waals surface area contributed by atoms with Gasteiger partial charge in [-0.2, -0.15) is 0 Å². The van der Waals surface area contributed by atoms with Gasteiger partial charge in [0.1, 0.15) is 5.75 Å². The summed E-state index contributed by atoms with van der Waals surface area (Å²) < 4.78 is 12.4. The third kappa shape index (κ3) is 5.17. The molecule has 0 unspecified atom stereocenters. The first-order valence-electron chi connectivity index (χ1n) is 16.6. The summed E-state index contributed by atoms with van der Waals surface area (Å²) in [5.74, 6) is 0.536. The molecule has 3 aliphatic rings. The van der Waals surface area contributed by atoms with Crippen LogP contribution in [-0.4, -0.2) is 44.8 Å². The van der Waals surface area contributed by atoms with Gasteiger partial charge in [-0.15, -0.1) is 0 Å². The summed E-state index contributed by atoms with van der Waals surface area (Å²) >= 11 is 6.63. The number of fused-ring (bicyclic) bond motifs is 3. The summed E-state index contributed by atoms with van der Waals surface area (Å²) in [4.78, 5) is 31.8. The van der Waals surface area contributed by atoms with E-state index in [0.29, 0.717) is 24.4 Å². The number of anilines is 3. The van der Waals surface area contributed by atoms with Gasteiger partial charge < -0.3 is 19.5 Å². The molecule has 1 fully saturated rings. The van der Waals surface area contributed by atoms with Gasteiger partial charge in [-0.1, -0.05) is 79.3 Å². The molecule has 1 spiro atoms. The van der Waals surface area contributed by atoms with Crippen molar-refractivity contribution < 1.29 is 24.2 Å². The van der Waals surface area contributed by atoms with Crippen LogP contribution in [0.25, 0.3) is 0 Å². The van der Waals surface area contributed by atoms with E-state index in [1.165, 1.54) is 5.19 Å². The quantitative estimate of drug-likeness (QED) is 0.201. The lowest BCUT2D eigenvalue weighted by molar-refractivity contribution is -0.146. The number of aliphatic hydroxyl groups is 1. The average Bonchev–Trinajstić information content (AvgIpc) is 3.51. The molecule has 7 rings (SSSR count). The highest BCUT2D eigenvalue weighted by molar-refractivity contribution is 6.91. The first-order valence-corrected chi connectivity index (χ1v) is 20.1. The van der Waals surface area contributed by atoms with Crippen LogP contribution in [0.4, 0.5) is 17.1 Å². The van der Waals surface area contributed by atoms with Crippen LogP contribution < -0.4 is 19.7 Å². The second-order valence-corrected chi connectivity index (χ2v) is 18.9. The Morgan fingerprint density at radius 1 is 0.958 bits per heavy atom. The molecule has 48 heavy (non-hydrogen) atoms. The summed E-state index contributed by atoms with van der Waals surface area (Å²) in [6.45, 7) is 7.04. The Balaban J connectivity index is 1.26. The van der Waals surface area contributed by atoms with Gasteiger partial charge in [0.25, 0.3) is 5.91 Å². The third-order valence-electron chi connectivity index (χ3n) is 10.8. The molecule has 0 radical (unpaired) electrons. The maximum atomic E-state index is 15.0. The molecular weight excluding hydrogens is 640 g/mol. The van der Waals surface area contributed by atoms with E-state index in [2.05, 4.69) is 38.2 Å². The monoisotopic (exact) mass is 680 g/mol. The predicted molar refractivity (Wildman–Crippen MR) is 192 cm³/mol. The van der Waals surface area contributed by atoms with E-state index in [-0.39, 0.29) is 36.0 Å². The zero-order valence-electron chi connectivity index (χ0n) is 27.8. The maximum Gasteiger partial charge on any atom is 0.264 e. The van der Waals surface area contributed by atoms with E-state index in [4.69, 9.17) is 21.1 Å². The molecular formula is C39H41ClN2O5Si. The van der Waals surface area contributed by atoms with Crippen LogP contribution in [0.3, 0.4) is 0 Å². The number of aliphatic hydroxyl groups excluding tert-OH is 1. The summed E-state index contributed by atoms with van der Waals surface area (Å²) in [6.07, 6.45) is 1.28. The molecule has 0 aliphatic carbocycles. The van der Waals surface area contributed by atoms with E-state index in [0.717, 1.165) is 45.9 Å². The molecule has 4 atom stereocenters. The lowest BCUT2D eigenvalue weighted by Gasteiger charge is -2.37. The van der Waals surface area contributed by atoms with Crippen molar-refractivity contribution in [3.63, 3.8) is 0 Å². The molecule has 248 valence electrons. The first kappa shape index (κ1) is 32.6. The number of amides is 2. The van der Waals surface area contributed by atoms with Gasteiger partial charge in [0.2, 0.25) is 5.91 Å². The van der Waals surface area contributed by atoms with Gasteiger partial charge in [-0.25, -0.2) is 0 Å². The Hall–Kier alpha value is -3.95. The third-order valence-corrected chi connectivity index (χ3v) is 15.4. The second kappa shape index (κ2) is 12.5. The molecule has 4 aromatic carbocycles. The molecule has 0 saturated carbocycles. The Bertz CT molecular complexity index is 1880. The average molecular weight is 681 g/mol. The lowest BCUT2D eigenvalue weighted by Crippen LogP contribution is -2.51. The molecule has 3 aliphatic heterocycles. The minimum Gasteiger partial charge on any atom is -0.497 e. The number of hydrogen-bond acceptors (Lipinski definition) is 5. The van der Waals surface area contributed by atoms with Crippen molar-refractivity contribution in [2.45, 2.75) is 63.1 Å². The van der Waals surface area contributed by atoms with Gasteiger partial charge in [0.05, 0.1) is 39.2 Å². The second-order valence-electron chi connectivity index (χ2n) is 13.7. The van der Waals surface area contributed by atoms with Crippen molar-refractivity contribution in [2.24, 2.45) is 5.92 Å². The zero-order valence-corrected chi connectivity index (χ0v) is 29.5. The number of nitrogens with zero attached hydrogens (tertiary/aromatic N) is 2. The summed E-state index contributed by atoms with van der Waals surface area (Å²) in [7, 11) is -0.634. The van der Waals surface area contributed by atoms with Crippen LogP contribution in [0.1, 0.15) is 36.5 Å². The van der Waals surface area contributed by atoms with E-state index in [9.17, 15) is 14.7 Å². The number of hydrogen-bond donors (Lipinski definition) is 1. The van der Waals surface area contributed by atoms with Crippen LogP contribution in [0.2, 0.25) is 23.7 Å². The molecule has 1 saturated heterocycles. The number of aryl methyl sites for hydroxylation is 1. The van der Waals surface area contributed by atoms with Crippen LogP contribution in [0, 0.1) is 5.92 Å². The summed E-state index contributed by atoms with van der Waals surface area (Å²) in [6, 6.07) is 29.8. The maximum absolute atomic E-state index is 15.0. The van der Waals surface area contributed by atoms with Crippen molar-refractivity contribution in [2.75, 3.05) is 23.5 Å². The fraction of sp³-hybridized carbons (Fsp3) is 0.333. The highest BCUT2D eigenvalue weighted by Gasteiger charge is 2.66. The minimum atomic E-state index is -2.29. The fourth-order valence-electron chi connectivity index (χ4n) is 8.53. The van der Waals surface area contributed by atoms with Crippen molar-refractivity contribution in [1.82, 2.24) is 0 Å². The Kier molecular flexibility index (Phi) is 8.48. The lowest BCUT2D eigenvalue weighted by atomic mass is 9.82. The molecule has 0 aromatic heterocycles. The fourth-order valence-corrected chi connectivity index (χ4v) is 12.8. The molecule has 3 heterocycles. The van der Waals surface area contributed by atoms with Crippen molar-refractivity contribution >= 4 is 53.7 Å². The largest absolute Gasteiger partial charge is 0.497 e. The van der Waals surface area contributed by atoms with E-state index in [1.54, 1.807) is 12.0 Å². The van der Waals surface area contributed by atoms with Crippen molar-refractivity contribution in [3.8, 4) is 5.75 Å². The van der Waals surface area contributed by atoms with Gasteiger partial charge in [-0.3, -0.25) is 14.5 Å². The van der Waals surface area contributed by atoms with Crippen LogP contribution in [-0.2, 0) is 32.9 Å². The normalized spacial score (nSPS) is 23.5. The Labute approximate surface area is 288 Å². The molecule has 7 nitrogen and oxygen atoms in total. The van der Waals surface area contributed by atoms with E-state index in [1.807, 2.05) is 77.7 Å². The van der Waals surface area contributed by atoms with E-state index < -0.39 is 13.7 Å². The molecule has 9 heteroatoms. The topological polar surface area (TPSA) is 79.3 Å². The number of carbonyl (C=O) groups is 2. The standard InChI is InChI=1S/C39H41ClN2O5Si/c1-25-37(48(3,4)31-16-14-30(46-2)15-17-31)35(20-21-43)47-39(25)32-23-28(40)13-18-34(32)41(38(39)45)24-26-8-7-10-29(22-26)42-33-11-6-5-9-27(33)12-19-36(42)44/h5-11,13-18,22-23,25,35,37,43H,12,19-21,24H2,1-4H3/t25-,35+,37-,39+/m1/s1. The summed E-state index contributed by atoms with van der Waals surface area (Å²) in [5.41, 5.74) is 4.05. The van der Waals surface area contributed by atoms with Crippen LogP contribution in [0.15, 0.2) is 91.0 Å². The van der Waals surface area contributed by atoms with Gasteiger partial charge >= 0.3 is 0 Å². The zero-order chi connectivity index (χ0) is 33.8. The van der Waals surface area contributed by atoms with Gasteiger partial charge in [-0.05, 0) is 78.0 Å². The minimum absolute atomic E-state index is 0.0299. The SMILES string of the molecule is COc1ccc([Si](C)(C)[C@H]2[C@H](CCO)O[C@@]3(C(=O)N(Cc4cccc(N5C(=O)CCc6ccccc65)c4)c4ccc(Cl)cc43)[C@@H]2C)cc1. The number of para-hydroxylation sites is 1. The summed E-state index contributed by atoms with van der Waals surface area (Å²) in [5, 5.41) is 12.0. The first-order chi connectivity index (χ1) is 23.1. The Morgan fingerprint density at radius 2 is 1.73 bits per heavy atom. The Morgan fingerprint density at radius 3 is 2.48 bits per heavy atom. The molecule has 4 aromatic rings. The number of rotatable bonds is 8. The number of ether oxygens (including phenoxy) is 2. The van der Waals surface area contributed by atoms with Gasteiger partial charge in [0, 0.05) is 35.2 Å². The van der Waals surface area contributed by atoms with Crippen molar-refractivity contribution in [3.05, 3.63) is 113 Å². The van der Waals surface area contributed by atoms with E-state index >= 15 is 0 Å². The highest BCUT2D eigenvalue weighted by atomic mass is 35.5. The predicted octanol–water partition coefficient (Wildman–Crippen LogP) is 7.10. The number of halogens is 1. The number of benzene rings is 4. The van der Waals surface area contributed by atoms with Crippen molar-refractivity contribution in [1.29, 1.82) is 0 Å². The van der Waals surface area contributed by atoms with Crippen LogP contribution >= 0.6 is 11.6 Å². The molecule has 1 N–H and O–H groups in total. The highest BCUT2D eigenvalue weighted by Crippen LogP contribution is 2.60. The van der Waals surface area contributed by atoms with Crippen LogP contribution in [0.5, 0.6) is 5.75 Å². The smallest absolute Gasteiger partial charge is 0.264 e.